The lowest BCUT2D eigenvalue weighted by atomic mass is 10.1. The van der Waals surface area contributed by atoms with Crippen molar-refractivity contribution >= 4 is 66.7 Å². The van der Waals surface area contributed by atoms with E-state index in [4.69, 9.17) is 0 Å². The van der Waals surface area contributed by atoms with Crippen LogP contribution < -0.4 is 15.9 Å². The fraction of sp³-hybridized carbons (Fsp3) is 0. The van der Waals surface area contributed by atoms with E-state index in [-0.39, 0.29) is 0 Å². The van der Waals surface area contributed by atoms with Crippen LogP contribution >= 0.6 is 7.14 Å². The summed E-state index contributed by atoms with van der Waals surface area (Å²) in [6.07, 6.45) is 0. The van der Waals surface area contributed by atoms with Gasteiger partial charge in [-0.1, -0.05) is 78.9 Å². The predicted molar refractivity (Wildman–Crippen MR) is 204 cm³/mol. The topological polar surface area (TPSA) is 74.5 Å². The van der Waals surface area contributed by atoms with Gasteiger partial charge < -0.3 is 13.7 Å². The second-order valence-corrected chi connectivity index (χ2v) is 15.1. The zero-order valence-electron chi connectivity index (χ0n) is 26.7. The van der Waals surface area contributed by atoms with E-state index in [2.05, 4.69) is 69.8 Å². The summed E-state index contributed by atoms with van der Waals surface area (Å²) in [5.74, 6) is 0. The zero-order valence-corrected chi connectivity index (χ0v) is 27.6. The number of benzene rings is 7. The van der Waals surface area contributed by atoms with Gasteiger partial charge in [-0.15, -0.1) is 0 Å². The lowest BCUT2D eigenvalue weighted by molar-refractivity contribution is 0.592. The molecule has 50 heavy (non-hydrogen) atoms. The molecule has 5 nitrogen and oxygen atoms in total. The molecule has 0 amide bonds. The maximum absolute atomic E-state index is 16.0. The summed E-state index contributed by atoms with van der Waals surface area (Å²) in [6, 6.07) is 58.3. The molecule has 0 fully saturated rings. The summed E-state index contributed by atoms with van der Waals surface area (Å²) < 4.78 is 20.4. The van der Waals surface area contributed by atoms with Crippen LogP contribution in [0.4, 0.5) is 0 Å². The molecule has 0 aliphatic rings. The number of aromatic nitrogens is 2. The van der Waals surface area contributed by atoms with Gasteiger partial charge in [0.1, 0.15) is 0 Å². The summed E-state index contributed by atoms with van der Waals surface area (Å²) in [6.45, 7) is 0. The van der Waals surface area contributed by atoms with Crippen molar-refractivity contribution in [1.29, 1.82) is 10.5 Å². The molecule has 0 unspecified atom stereocenters. The third kappa shape index (κ3) is 4.42. The highest BCUT2D eigenvalue weighted by atomic mass is 31.2. The summed E-state index contributed by atoms with van der Waals surface area (Å²) >= 11 is 0. The zero-order chi connectivity index (χ0) is 33.8. The molecule has 6 heteroatoms. The van der Waals surface area contributed by atoms with Crippen molar-refractivity contribution in [3.63, 3.8) is 0 Å². The molecule has 9 rings (SSSR count). The van der Waals surface area contributed by atoms with Crippen LogP contribution in [0.2, 0.25) is 0 Å². The van der Waals surface area contributed by atoms with E-state index in [1.54, 1.807) is 0 Å². The minimum Gasteiger partial charge on any atom is -0.309 e. The van der Waals surface area contributed by atoms with E-state index in [9.17, 15) is 10.5 Å². The molecule has 2 heterocycles. The minimum atomic E-state index is -3.42. The average molecular weight is 659 g/mol. The van der Waals surface area contributed by atoms with E-state index in [1.165, 1.54) is 0 Å². The van der Waals surface area contributed by atoms with E-state index in [0.29, 0.717) is 11.1 Å². The Morgan fingerprint density at radius 3 is 1.24 bits per heavy atom. The van der Waals surface area contributed by atoms with Gasteiger partial charge in [-0.25, -0.2) is 0 Å². The molecular weight excluding hydrogens is 631 g/mol. The standard InChI is InChI=1S/C44H27N4OP/c45-28-30-16-20-37-39-26-35(18-22-41(39)47(43(37)24-30)32-10-4-1-5-11-32)50(49,34-14-8-3-9-15-34)36-19-23-42-40(27-36)38-21-17-31(29-46)25-44(38)48(42)33-12-6-2-7-13-33/h1-27H. The Kier molecular flexibility index (Phi) is 6.78. The molecule has 9 aromatic rings. The molecule has 0 saturated carbocycles. The van der Waals surface area contributed by atoms with Crippen molar-refractivity contribution in [2.45, 2.75) is 0 Å². The van der Waals surface area contributed by atoms with Gasteiger partial charge >= 0.3 is 0 Å². The Morgan fingerprint density at radius 1 is 0.400 bits per heavy atom. The molecule has 0 spiro atoms. The highest BCUT2D eigenvalue weighted by Gasteiger charge is 2.31. The monoisotopic (exact) mass is 658 g/mol. The number of fused-ring (bicyclic) bond motifs is 6. The maximum Gasteiger partial charge on any atom is 0.171 e. The Labute approximate surface area is 288 Å². The van der Waals surface area contributed by atoms with Crippen LogP contribution in [0.25, 0.3) is 55.0 Å². The summed E-state index contributed by atoms with van der Waals surface area (Å²) in [4.78, 5) is 0. The smallest absolute Gasteiger partial charge is 0.171 e. The molecule has 0 aliphatic heterocycles. The number of nitriles is 2. The lowest BCUT2D eigenvalue weighted by Gasteiger charge is -2.21. The summed E-state index contributed by atoms with van der Waals surface area (Å²) in [7, 11) is -3.42. The second-order valence-electron chi connectivity index (χ2n) is 12.4. The fourth-order valence-corrected chi connectivity index (χ4v) is 10.0. The van der Waals surface area contributed by atoms with E-state index >= 15 is 4.57 Å². The van der Waals surface area contributed by atoms with Crippen LogP contribution in [-0.2, 0) is 4.57 Å². The number of nitrogens with zero attached hydrogens (tertiary/aromatic N) is 4. The van der Waals surface area contributed by atoms with E-state index in [0.717, 1.165) is 70.9 Å². The molecule has 0 aliphatic carbocycles. The quantitative estimate of drug-likeness (QED) is 0.173. The molecule has 0 saturated heterocycles. The van der Waals surface area contributed by atoms with Gasteiger partial charge in [-0.3, -0.25) is 0 Å². The minimum absolute atomic E-state index is 0.581. The Balaban J connectivity index is 1.33. The van der Waals surface area contributed by atoms with E-state index < -0.39 is 7.14 Å². The fourth-order valence-electron chi connectivity index (χ4n) is 7.34. The predicted octanol–water partition coefficient (Wildman–Crippen LogP) is 9.26. The van der Waals surface area contributed by atoms with Crippen molar-refractivity contribution < 1.29 is 4.57 Å². The third-order valence-electron chi connectivity index (χ3n) is 9.63. The van der Waals surface area contributed by atoms with Gasteiger partial charge in [0.05, 0.1) is 45.3 Å². The first kappa shape index (κ1) is 29.5. The number of para-hydroxylation sites is 2. The van der Waals surface area contributed by atoms with Crippen molar-refractivity contribution in [1.82, 2.24) is 9.13 Å². The summed E-state index contributed by atoms with van der Waals surface area (Å²) in [5.41, 5.74) is 6.92. The Bertz CT molecular complexity index is 2730. The van der Waals surface area contributed by atoms with Crippen LogP contribution in [0.1, 0.15) is 11.1 Å². The lowest BCUT2D eigenvalue weighted by Crippen LogP contribution is -2.25. The van der Waals surface area contributed by atoms with Crippen LogP contribution in [0.5, 0.6) is 0 Å². The third-order valence-corrected chi connectivity index (χ3v) is 12.7. The Morgan fingerprint density at radius 2 is 0.820 bits per heavy atom. The normalized spacial score (nSPS) is 11.6. The molecule has 0 radical (unpaired) electrons. The Hall–Kier alpha value is -6.65. The van der Waals surface area contributed by atoms with E-state index in [1.807, 2.05) is 115 Å². The first-order valence-electron chi connectivity index (χ1n) is 16.3. The molecular formula is C44H27N4OP. The molecule has 2 aromatic heterocycles. The largest absolute Gasteiger partial charge is 0.309 e. The van der Waals surface area contributed by atoms with Gasteiger partial charge in [-0.2, -0.15) is 10.5 Å². The number of hydrogen-bond acceptors (Lipinski definition) is 3. The molecule has 0 bridgehead atoms. The van der Waals surface area contributed by atoms with Crippen molar-refractivity contribution in [2.75, 3.05) is 0 Å². The second kappa shape index (κ2) is 11.5. The van der Waals surface area contributed by atoms with Gasteiger partial charge in [0.25, 0.3) is 0 Å². The van der Waals surface area contributed by atoms with Crippen LogP contribution in [-0.4, -0.2) is 9.13 Å². The molecule has 7 aromatic carbocycles. The maximum atomic E-state index is 16.0. The van der Waals surface area contributed by atoms with Gasteiger partial charge in [0, 0.05) is 48.8 Å². The highest BCUT2D eigenvalue weighted by molar-refractivity contribution is 7.85. The van der Waals surface area contributed by atoms with Crippen LogP contribution in [0.3, 0.4) is 0 Å². The van der Waals surface area contributed by atoms with Crippen LogP contribution in [0.15, 0.2) is 164 Å². The first-order chi connectivity index (χ1) is 24.6. The van der Waals surface area contributed by atoms with Crippen molar-refractivity contribution in [2.24, 2.45) is 0 Å². The number of rotatable bonds is 5. The molecule has 0 atom stereocenters. The highest BCUT2D eigenvalue weighted by Crippen LogP contribution is 2.45. The van der Waals surface area contributed by atoms with Gasteiger partial charge in [0.2, 0.25) is 0 Å². The average Bonchev–Trinajstić information content (AvgIpc) is 3.69. The van der Waals surface area contributed by atoms with Gasteiger partial charge in [-0.05, 0) is 84.9 Å². The van der Waals surface area contributed by atoms with Crippen molar-refractivity contribution in [3.8, 4) is 23.5 Å². The number of hydrogen-bond donors (Lipinski definition) is 0. The molecule has 234 valence electrons. The SMILES string of the molecule is N#Cc1ccc2c3cc(P(=O)(c4ccccc4)c4ccc5c(c4)c4ccc(C#N)cc4n5-c4ccccc4)ccc3n(-c3ccccc3)c2c1. The van der Waals surface area contributed by atoms with Crippen LogP contribution in [0, 0.1) is 22.7 Å². The molecule has 0 N–H and O–H groups in total. The first-order valence-corrected chi connectivity index (χ1v) is 18.0. The summed E-state index contributed by atoms with van der Waals surface area (Å²) in [5, 5.41) is 25.6. The van der Waals surface area contributed by atoms with Gasteiger partial charge in [0.15, 0.2) is 7.14 Å². The van der Waals surface area contributed by atoms with Crippen molar-refractivity contribution in [3.05, 3.63) is 175 Å².